The van der Waals surface area contributed by atoms with E-state index in [1.165, 1.54) is 30.3 Å². The molecule has 0 unspecified atom stereocenters. The number of hydrogen-bond acceptors (Lipinski definition) is 2. The molecule has 3 nitrogen and oxygen atoms in total. The van der Waals surface area contributed by atoms with Crippen molar-refractivity contribution in [3.05, 3.63) is 51.8 Å². The summed E-state index contributed by atoms with van der Waals surface area (Å²) in [5.41, 5.74) is 0.397. The van der Waals surface area contributed by atoms with Crippen molar-refractivity contribution in [2.24, 2.45) is 0 Å². The lowest BCUT2D eigenvalue weighted by atomic mass is 10.1. The van der Waals surface area contributed by atoms with Crippen molar-refractivity contribution in [3.8, 4) is 0 Å². The zero-order valence-electron chi connectivity index (χ0n) is 7.03. The third-order valence-corrected chi connectivity index (χ3v) is 1.61. The van der Waals surface area contributed by atoms with E-state index < -0.39 is 10.7 Å². The van der Waals surface area contributed by atoms with E-state index in [4.69, 9.17) is 0 Å². The van der Waals surface area contributed by atoms with Gasteiger partial charge < -0.3 is 0 Å². The molecular weight excluding hydrogens is 173 g/mol. The van der Waals surface area contributed by atoms with Crippen molar-refractivity contribution in [2.45, 2.75) is 6.92 Å². The van der Waals surface area contributed by atoms with Gasteiger partial charge in [-0.25, -0.2) is 4.39 Å². The second-order valence-corrected chi connectivity index (χ2v) is 2.44. The summed E-state index contributed by atoms with van der Waals surface area (Å²) in [4.78, 5) is 9.97. The number of nitrogens with zero attached hydrogens (tertiary/aromatic N) is 1. The molecule has 0 spiro atoms. The number of hydrogen-bond donors (Lipinski definition) is 0. The second kappa shape index (κ2) is 3.80. The van der Waals surface area contributed by atoms with Gasteiger partial charge in [0.15, 0.2) is 0 Å². The highest BCUT2D eigenvalue weighted by Gasteiger charge is 2.11. The third kappa shape index (κ3) is 2.11. The number of benzene rings is 1. The molecule has 1 aromatic rings. The molecular formula is C9H8FNO2. The Morgan fingerprint density at radius 2 is 2.00 bits per heavy atom. The smallest absolute Gasteiger partial charge is 0.258 e. The van der Waals surface area contributed by atoms with Crippen molar-refractivity contribution >= 4 is 5.70 Å². The van der Waals surface area contributed by atoms with E-state index in [2.05, 4.69) is 0 Å². The maximum absolute atomic E-state index is 12.5. The molecule has 0 N–H and O–H groups in total. The summed E-state index contributed by atoms with van der Waals surface area (Å²) in [6.07, 6.45) is 1.38. The average Bonchev–Trinajstić information content (AvgIpc) is 2.09. The predicted octanol–water partition coefficient (Wildman–Crippen LogP) is 2.46. The first kappa shape index (κ1) is 9.38. The van der Waals surface area contributed by atoms with Gasteiger partial charge in [0.05, 0.1) is 10.5 Å². The normalized spacial score (nSPS) is 11.4. The van der Waals surface area contributed by atoms with Gasteiger partial charge in [0.2, 0.25) is 0 Å². The van der Waals surface area contributed by atoms with E-state index in [0.29, 0.717) is 5.56 Å². The van der Waals surface area contributed by atoms with Gasteiger partial charge >= 0.3 is 0 Å². The monoisotopic (exact) mass is 181 g/mol. The van der Waals surface area contributed by atoms with E-state index in [1.807, 2.05) is 0 Å². The topological polar surface area (TPSA) is 43.1 Å². The minimum Gasteiger partial charge on any atom is -0.258 e. The maximum Gasteiger partial charge on any atom is 0.272 e. The molecule has 0 atom stereocenters. The summed E-state index contributed by atoms with van der Waals surface area (Å²) < 4.78 is 12.5. The van der Waals surface area contributed by atoms with Crippen LogP contribution in [-0.4, -0.2) is 4.92 Å². The molecule has 0 radical (unpaired) electrons. The highest BCUT2D eigenvalue weighted by atomic mass is 19.1. The van der Waals surface area contributed by atoms with E-state index >= 15 is 0 Å². The van der Waals surface area contributed by atoms with Crippen molar-refractivity contribution in [1.82, 2.24) is 0 Å². The Hall–Kier alpha value is -1.71. The first-order valence-corrected chi connectivity index (χ1v) is 3.72. The zero-order valence-corrected chi connectivity index (χ0v) is 7.03. The van der Waals surface area contributed by atoms with E-state index in [1.54, 1.807) is 6.92 Å². The van der Waals surface area contributed by atoms with Crippen LogP contribution in [-0.2, 0) is 0 Å². The Morgan fingerprint density at radius 3 is 2.38 bits per heavy atom. The summed E-state index contributed by atoms with van der Waals surface area (Å²) in [6.45, 7) is 1.57. The SMILES string of the molecule is C/C=C(\c1ccc(F)cc1)[N+](=O)[O-]. The molecule has 0 aromatic heterocycles. The fourth-order valence-corrected chi connectivity index (χ4v) is 0.998. The van der Waals surface area contributed by atoms with Gasteiger partial charge in [0, 0.05) is 0 Å². The molecule has 4 heteroatoms. The van der Waals surface area contributed by atoms with Crippen LogP contribution in [0.15, 0.2) is 30.3 Å². The Morgan fingerprint density at radius 1 is 1.46 bits per heavy atom. The van der Waals surface area contributed by atoms with Gasteiger partial charge in [-0.3, -0.25) is 10.1 Å². The highest BCUT2D eigenvalue weighted by Crippen LogP contribution is 2.14. The van der Waals surface area contributed by atoms with E-state index in [0.717, 1.165) is 0 Å². The highest BCUT2D eigenvalue weighted by molar-refractivity contribution is 5.57. The molecule has 68 valence electrons. The Kier molecular flexibility index (Phi) is 2.74. The second-order valence-electron chi connectivity index (χ2n) is 2.44. The minimum atomic E-state index is -0.493. The van der Waals surface area contributed by atoms with Crippen LogP contribution < -0.4 is 0 Å². The van der Waals surface area contributed by atoms with E-state index in [-0.39, 0.29) is 5.70 Å². The number of rotatable bonds is 2. The van der Waals surface area contributed by atoms with Crippen molar-refractivity contribution in [1.29, 1.82) is 0 Å². The summed E-state index contributed by atoms with van der Waals surface area (Å²) in [6, 6.07) is 5.16. The number of nitro groups is 1. The van der Waals surface area contributed by atoms with Gasteiger partial charge in [-0.1, -0.05) is 0 Å². The lowest BCUT2D eigenvalue weighted by molar-refractivity contribution is -0.375. The summed E-state index contributed by atoms with van der Waals surface area (Å²) in [7, 11) is 0. The standard InChI is InChI=1S/C9H8FNO2/c1-2-9(11(12)13)7-3-5-8(10)6-4-7/h2-6H,1H3/b9-2+. The quantitative estimate of drug-likeness (QED) is 0.519. The van der Waals surface area contributed by atoms with Gasteiger partial charge in [-0.05, 0) is 37.3 Å². The summed E-state index contributed by atoms with van der Waals surface area (Å²) >= 11 is 0. The van der Waals surface area contributed by atoms with Gasteiger partial charge in [0.1, 0.15) is 5.82 Å². The number of halogens is 1. The molecule has 1 rings (SSSR count). The Balaban J connectivity index is 3.07. The molecule has 13 heavy (non-hydrogen) atoms. The Labute approximate surface area is 74.7 Å². The lowest BCUT2D eigenvalue weighted by Gasteiger charge is -1.96. The van der Waals surface area contributed by atoms with Gasteiger partial charge in [-0.15, -0.1) is 0 Å². The fourth-order valence-electron chi connectivity index (χ4n) is 0.998. The number of allylic oxidation sites excluding steroid dienone is 1. The molecule has 0 amide bonds. The molecule has 0 saturated carbocycles. The molecule has 0 bridgehead atoms. The first-order chi connectivity index (χ1) is 6.15. The van der Waals surface area contributed by atoms with Crippen molar-refractivity contribution < 1.29 is 9.31 Å². The van der Waals surface area contributed by atoms with Crippen LogP contribution >= 0.6 is 0 Å². The van der Waals surface area contributed by atoms with Crippen LogP contribution in [0, 0.1) is 15.9 Å². The largest absolute Gasteiger partial charge is 0.272 e. The van der Waals surface area contributed by atoms with E-state index in [9.17, 15) is 14.5 Å². The molecule has 0 heterocycles. The summed E-state index contributed by atoms with van der Waals surface area (Å²) in [5, 5.41) is 10.5. The predicted molar refractivity (Wildman–Crippen MR) is 47.0 cm³/mol. The molecule has 1 aromatic carbocycles. The van der Waals surface area contributed by atoms with Crippen LogP contribution in [0.2, 0.25) is 0 Å². The third-order valence-electron chi connectivity index (χ3n) is 1.61. The summed E-state index contributed by atoms with van der Waals surface area (Å²) in [5.74, 6) is -0.400. The van der Waals surface area contributed by atoms with Crippen molar-refractivity contribution in [3.63, 3.8) is 0 Å². The van der Waals surface area contributed by atoms with Crippen LogP contribution in [0.1, 0.15) is 12.5 Å². The van der Waals surface area contributed by atoms with Gasteiger partial charge in [-0.2, -0.15) is 0 Å². The maximum atomic E-state index is 12.5. The lowest BCUT2D eigenvalue weighted by Crippen LogP contribution is -1.97. The zero-order chi connectivity index (χ0) is 9.84. The molecule has 0 saturated heterocycles. The van der Waals surface area contributed by atoms with Crippen LogP contribution in [0.25, 0.3) is 5.70 Å². The first-order valence-electron chi connectivity index (χ1n) is 3.72. The van der Waals surface area contributed by atoms with Crippen LogP contribution in [0.4, 0.5) is 4.39 Å². The average molecular weight is 181 g/mol. The van der Waals surface area contributed by atoms with Crippen LogP contribution in [0.5, 0.6) is 0 Å². The molecule has 0 aliphatic heterocycles. The van der Waals surface area contributed by atoms with Gasteiger partial charge in [0.25, 0.3) is 5.70 Å². The minimum absolute atomic E-state index is 0.0139. The molecule has 0 aliphatic rings. The van der Waals surface area contributed by atoms with Crippen molar-refractivity contribution in [2.75, 3.05) is 0 Å². The Bertz CT molecular complexity index is 343. The van der Waals surface area contributed by atoms with Crippen LogP contribution in [0.3, 0.4) is 0 Å². The molecule has 0 fully saturated rings. The fraction of sp³-hybridized carbons (Fsp3) is 0.111. The molecule has 0 aliphatic carbocycles.